The molecule has 3 aromatic carbocycles. The van der Waals surface area contributed by atoms with Gasteiger partial charge < -0.3 is 14.4 Å². The summed E-state index contributed by atoms with van der Waals surface area (Å²) in [6, 6.07) is 23.8. The minimum atomic E-state index is -0.149. The molecule has 2 aliphatic rings. The van der Waals surface area contributed by atoms with Crippen LogP contribution in [0.4, 0.5) is 0 Å². The first-order valence-corrected chi connectivity index (χ1v) is 12.7. The number of piperidine rings is 1. The Morgan fingerprint density at radius 1 is 0.824 bits per heavy atom. The average molecular weight is 455 g/mol. The van der Waals surface area contributed by atoms with E-state index >= 15 is 0 Å². The van der Waals surface area contributed by atoms with Crippen LogP contribution >= 0.6 is 0 Å². The zero-order valence-corrected chi connectivity index (χ0v) is 20.7. The number of rotatable bonds is 6. The summed E-state index contributed by atoms with van der Waals surface area (Å²) in [6.45, 7) is 10.9. The molecule has 3 aromatic rings. The highest BCUT2D eigenvalue weighted by Crippen LogP contribution is 2.46. The van der Waals surface area contributed by atoms with E-state index in [1.807, 2.05) is 0 Å². The van der Waals surface area contributed by atoms with Crippen molar-refractivity contribution in [2.45, 2.75) is 46.1 Å². The van der Waals surface area contributed by atoms with Gasteiger partial charge >= 0.3 is 0 Å². The number of ether oxygens (including phenoxy) is 2. The Labute approximate surface area is 204 Å². The van der Waals surface area contributed by atoms with Crippen molar-refractivity contribution >= 4 is 11.1 Å². The summed E-state index contributed by atoms with van der Waals surface area (Å²) in [7, 11) is 0. The zero-order chi connectivity index (χ0) is 23.5. The lowest BCUT2D eigenvalue weighted by Crippen LogP contribution is -3.13. The molecule has 34 heavy (non-hydrogen) atoms. The van der Waals surface area contributed by atoms with Gasteiger partial charge in [-0.1, -0.05) is 54.1 Å². The van der Waals surface area contributed by atoms with E-state index in [2.05, 4.69) is 87.5 Å². The molecule has 0 spiro atoms. The van der Waals surface area contributed by atoms with Crippen molar-refractivity contribution in [3.8, 4) is 11.5 Å². The SMILES string of the molecule is CC1=C(c2ccc(C)cc2)C(c2ccc(OCC[NH+]3CCCCC3)cc2)Oc2cc(C)ccc21. The highest BCUT2D eigenvalue weighted by molar-refractivity contribution is 5.95. The summed E-state index contributed by atoms with van der Waals surface area (Å²) >= 11 is 0. The van der Waals surface area contributed by atoms with Gasteiger partial charge in [-0.3, -0.25) is 0 Å². The van der Waals surface area contributed by atoms with Gasteiger partial charge in [-0.2, -0.15) is 0 Å². The van der Waals surface area contributed by atoms with Crippen molar-refractivity contribution in [2.75, 3.05) is 26.2 Å². The fourth-order valence-corrected chi connectivity index (χ4v) is 5.25. The molecule has 176 valence electrons. The maximum absolute atomic E-state index is 6.66. The van der Waals surface area contributed by atoms with Gasteiger partial charge in [0.05, 0.1) is 13.1 Å². The molecule has 1 atom stereocenters. The summed E-state index contributed by atoms with van der Waals surface area (Å²) in [5.74, 6) is 1.90. The second-order valence-corrected chi connectivity index (χ2v) is 9.88. The number of benzene rings is 3. The molecular formula is C31H36NO2+. The number of allylic oxidation sites excluding steroid dienone is 1. The Morgan fingerprint density at radius 3 is 2.26 bits per heavy atom. The monoisotopic (exact) mass is 454 g/mol. The van der Waals surface area contributed by atoms with Crippen LogP contribution in [-0.2, 0) is 0 Å². The van der Waals surface area contributed by atoms with Gasteiger partial charge in [0, 0.05) is 11.1 Å². The van der Waals surface area contributed by atoms with Crippen LogP contribution in [0.25, 0.3) is 11.1 Å². The molecule has 0 bridgehead atoms. The van der Waals surface area contributed by atoms with E-state index in [1.54, 1.807) is 4.90 Å². The minimum absolute atomic E-state index is 0.149. The van der Waals surface area contributed by atoms with Gasteiger partial charge in [0.25, 0.3) is 0 Å². The van der Waals surface area contributed by atoms with Crippen molar-refractivity contribution in [3.63, 3.8) is 0 Å². The van der Waals surface area contributed by atoms with E-state index in [-0.39, 0.29) is 6.10 Å². The van der Waals surface area contributed by atoms with Crippen molar-refractivity contribution < 1.29 is 14.4 Å². The number of aryl methyl sites for hydroxylation is 2. The summed E-state index contributed by atoms with van der Waals surface area (Å²) in [5, 5.41) is 0. The maximum atomic E-state index is 6.66. The smallest absolute Gasteiger partial charge is 0.150 e. The van der Waals surface area contributed by atoms with Crippen LogP contribution in [0.5, 0.6) is 11.5 Å². The highest BCUT2D eigenvalue weighted by Gasteiger charge is 2.29. The molecule has 0 amide bonds. The summed E-state index contributed by atoms with van der Waals surface area (Å²) in [6.07, 6.45) is 3.94. The van der Waals surface area contributed by atoms with Crippen molar-refractivity contribution in [2.24, 2.45) is 0 Å². The topological polar surface area (TPSA) is 22.9 Å². The number of hydrogen-bond donors (Lipinski definition) is 1. The molecule has 1 saturated heterocycles. The molecule has 2 heterocycles. The molecule has 3 heteroatoms. The molecule has 1 unspecified atom stereocenters. The average Bonchev–Trinajstić information content (AvgIpc) is 2.86. The number of quaternary nitrogens is 1. The largest absolute Gasteiger partial charge is 0.488 e. The van der Waals surface area contributed by atoms with E-state index in [0.717, 1.165) is 30.2 Å². The lowest BCUT2D eigenvalue weighted by molar-refractivity contribution is -0.904. The van der Waals surface area contributed by atoms with Crippen LogP contribution in [0.1, 0.15) is 60.1 Å². The zero-order valence-electron chi connectivity index (χ0n) is 20.7. The van der Waals surface area contributed by atoms with Crippen LogP contribution < -0.4 is 14.4 Å². The van der Waals surface area contributed by atoms with Gasteiger partial charge in [-0.05, 0) is 80.5 Å². The standard InChI is InChI=1S/C31H35NO2/c1-22-7-10-25(11-8-22)30-24(3)28-16-9-23(2)21-29(28)34-31(30)26-12-14-27(15-13-26)33-20-19-32-17-5-4-6-18-32/h7-16,21,31H,4-6,17-20H2,1-3H3/p+1. The van der Waals surface area contributed by atoms with Crippen LogP contribution in [0.15, 0.2) is 66.7 Å². The summed E-state index contributed by atoms with van der Waals surface area (Å²) in [5.41, 5.74) is 8.53. The van der Waals surface area contributed by atoms with Crippen LogP contribution in [0, 0.1) is 13.8 Å². The second-order valence-electron chi connectivity index (χ2n) is 9.88. The third-order valence-corrected chi connectivity index (χ3v) is 7.28. The number of likely N-dealkylation sites (tertiary alicyclic amines) is 1. The van der Waals surface area contributed by atoms with E-state index in [9.17, 15) is 0 Å². The fraction of sp³-hybridized carbons (Fsp3) is 0.355. The van der Waals surface area contributed by atoms with Gasteiger partial charge in [-0.25, -0.2) is 0 Å². The predicted molar refractivity (Wildman–Crippen MR) is 140 cm³/mol. The van der Waals surface area contributed by atoms with Gasteiger partial charge in [0.2, 0.25) is 0 Å². The normalized spacial score (nSPS) is 18.4. The predicted octanol–water partition coefficient (Wildman–Crippen LogP) is 5.82. The first kappa shape index (κ1) is 22.7. The molecule has 0 saturated carbocycles. The molecule has 1 N–H and O–H groups in total. The first-order chi connectivity index (χ1) is 16.6. The minimum Gasteiger partial charge on any atom is -0.488 e. The van der Waals surface area contributed by atoms with Crippen LogP contribution in [0.3, 0.4) is 0 Å². The van der Waals surface area contributed by atoms with E-state index in [4.69, 9.17) is 9.47 Å². The molecule has 1 fully saturated rings. The molecule has 2 aliphatic heterocycles. The molecular weight excluding hydrogens is 418 g/mol. The number of fused-ring (bicyclic) bond motifs is 1. The van der Waals surface area contributed by atoms with Crippen molar-refractivity contribution in [3.05, 3.63) is 94.5 Å². The highest BCUT2D eigenvalue weighted by atomic mass is 16.5. The van der Waals surface area contributed by atoms with Gasteiger partial charge in [0.15, 0.2) is 0 Å². The quantitative estimate of drug-likeness (QED) is 0.508. The molecule has 3 nitrogen and oxygen atoms in total. The molecule has 0 radical (unpaired) electrons. The Hall–Kier alpha value is -3.04. The maximum Gasteiger partial charge on any atom is 0.150 e. The van der Waals surface area contributed by atoms with E-state index in [0.29, 0.717) is 0 Å². The Balaban J connectivity index is 1.39. The van der Waals surface area contributed by atoms with Crippen molar-refractivity contribution in [1.82, 2.24) is 0 Å². The third kappa shape index (κ3) is 4.90. The second kappa shape index (κ2) is 10.1. The fourth-order valence-electron chi connectivity index (χ4n) is 5.25. The molecule has 0 aliphatic carbocycles. The molecule has 5 rings (SSSR count). The number of hydrogen-bond acceptors (Lipinski definition) is 2. The Morgan fingerprint density at radius 2 is 1.53 bits per heavy atom. The lowest BCUT2D eigenvalue weighted by Gasteiger charge is -2.31. The van der Waals surface area contributed by atoms with Crippen LogP contribution in [0.2, 0.25) is 0 Å². The van der Waals surface area contributed by atoms with Crippen LogP contribution in [-0.4, -0.2) is 26.2 Å². The first-order valence-electron chi connectivity index (χ1n) is 12.7. The van der Waals surface area contributed by atoms with Crippen molar-refractivity contribution in [1.29, 1.82) is 0 Å². The Kier molecular flexibility index (Phi) is 6.73. The summed E-state index contributed by atoms with van der Waals surface area (Å²) in [4.78, 5) is 1.68. The summed E-state index contributed by atoms with van der Waals surface area (Å²) < 4.78 is 12.8. The Bertz CT molecular complexity index is 1160. The van der Waals surface area contributed by atoms with E-state index < -0.39 is 0 Å². The van der Waals surface area contributed by atoms with Gasteiger partial charge in [0.1, 0.15) is 30.8 Å². The van der Waals surface area contributed by atoms with Gasteiger partial charge in [-0.15, -0.1) is 0 Å². The molecule has 0 aromatic heterocycles. The van der Waals surface area contributed by atoms with E-state index in [1.165, 1.54) is 65.8 Å². The number of nitrogens with one attached hydrogen (secondary N) is 1. The lowest BCUT2D eigenvalue weighted by atomic mass is 9.85. The third-order valence-electron chi connectivity index (χ3n) is 7.28.